The fourth-order valence-electron chi connectivity index (χ4n) is 2.56. The SMILES string of the molecule is C#Cc1cccc(-c2ccc(OC)c(O)c2)c1C(=O)O.c1cc2cc-2n1. The fourth-order valence-corrected chi connectivity index (χ4v) is 2.56. The molecule has 128 valence electrons. The maximum absolute atomic E-state index is 11.4. The number of terminal acetylenes is 1. The summed E-state index contributed by atoms with van der Waals surface area (Å²) in [6.45, 7) is 0. The Morgan fingerprint density at radius 3 is 2.42 bits per heavy atom. The Labute approximate surface area is 150 Å². The lowest BCUT2D eigenvalue weighted by Crippen LogP contribution is -2.03. The first-order valence-corrected chi connectivity index (χ1v) is 7.72. The van der Waals surface area contributed by atoms with Crippen LogP contribution in [-0.2, 0) is 0 Å². The van der Waals surface area contributed by atoms with Crippen LogP contribution in [0.2, 0.25) is 0 Å². The summed E-state index contributed by atoms with van der Waals surface area (Å²) in [5, 5.41) is 19.1. The molecule has 26 heavy (non-hydrogen) atoms. The van der Waals surface area contributed by atoms with Crippen molar-refractivity contribution in [1.29, 1.82) is 0 Å². The minimum Gasteiger partial charge on any atom is -0.504 e. The van der Waals surface area contributed by atoms with Gasteiger partial charge in [-0.1, -0.05) is 24.1 Å². The van der Waals surface area contributed by atoms with Crippen molar-refractivity contribution >= 4 is 5.97 Å². The first kappa shape index (κ1) is 17.1. The highest BCUT2D eigenvalue weighted by Gasteiger charge is 2.16. The number of rotatable bonds is 3. The lowest BCUT2D eigenvalue weighted by molar-refractivity contribution is 0.0697. The van der Waals surface area contributed by atoms with Gasteiger partial charge in [0, 0.05) is 17.3 Å². The van der Waals surface area contributed by atoms with Crippen LogP contribution in [0.5, 0.6) is 11.5 Å². The minimum atomic E-state index is -1.11. The minimum absolute atomic E-state index is 0.0413. The Bertz CT molecular complexity index is 1020. The van der Waals surface area contributed by atoms with E-state index in [1.54, 1.807) is 30.3 Å². The molecule has 0 atom stereocenters. The van der Waals surface area contributed by atoms with Crippen LogP contribution >= 0.6 is 0 Å². The van der Waals surface area contributed by atoms with Gasteiger partial charge in [0.25, 0.3) is 0 Å². The van der Waals surface area contributed by atoms with Gasteiger partial charge in [0.1, 0.15) is 0 Å². The van der Waals surface area contributed by atoms with E-state index in [0.717, 1.165) is 0 Å². The Hall–Kier alpha value is -3.78. The zero-order valence-electron chi connectivity index (χ0n) is 13.9. The molecule has 0 bridgehead atoms. The summed E-state index contributed by atoms with van der Waals surface area (Å²) in [6, 6.07) is 13.6. The maximum atomic E-state index is 11.4. The highest BCUT2D eigenvalue weighted by Crippen LogP contribution is 2.33. The van der Waals surface area contributed by atoms with E-state index in [4.69, 9.17) is 11.2 Å². The van der Waals surface area contributed by atoms with E-state index in [9.17, 15) is 15.0 Å². The average Bonchev–Trinajstić information content (AvgIpc) is 3.26. The molecular weight excluding hydrogens is 330 g/mol. The van der Waals surface area contributed by atoms with Gasteiger partial charge < -0.3 is 14.9 Å². The standard InChI is InChI=1S/C16H12O4.C5H3N/c1-3-10-5-4-6-12(15(10)16(18)19)11-7-8-14(20-2)13(17)9-11;1-2-6-5-3-4(1)5/h1,4-9,17H,2H3,(H,18,19);1-3H. The molecule has 4 rings (SSSR count). The molecule has 2 aliphatic rings. The predicted octanol–water partition coefficient (Wildman–Crippen LogP) is 3.81. The predicted molar refractivity (Wildman–Crippen MR) is 98.2 cm³/mol. The monoisotopic (exact) mass is 345 g/mol. The number of pyridine rings is 1. The molecule has 0 amide bonds. The van der Waals surface area contributed by atoms with Crippen molar-refractivity contribution in [3.63, 3.8) is 0 Å². The summed E-state index contributed by atoms with van der Waals surface area (Å²) in [7, 11) is 1.44. The van der Waals surface area contributed by atoms with Gasteiger partial charge in [-0.2, -0.15) is 0 Å². The van der Waals surface area contributed by atoms with Crippen molar-refractivity contribution in [3.8, 4) is 46.2 Å². The zero-order valence-corrected chi connectivity index (χ0v) is 13.9. The number of phenols is 1. The van der Waals surface area contributed by atoms with Gasteiger partial charge in [0.15, 0.2) is 11.5 Å². The van der Waals surface area contributed by atoms with Crippen molar-refractivity contribution in [2.24, 2.45) is 0 Å². The largest absolute Gasteiger partial charge is 0.504 e. The number of fused-ring (bicyclic) bond motifs is 1. The zero-order chi connectivity index (χ0) is 18.7. The molecule has 0 aromatic heterocycles. The second-order valence-corrected chi connectivity index (χ2v) is 5.49. The van der Waals surface area contributed by atoms with E-state index in [1.165, 1.54) is 24.4 Å². The van der Waals surface area contributed by atoms with Gasteiger partial charge >= 0.3 is 5.97 Å². The number of carboxylic acids is 1. The number of benzene rings is 2. The van der Waals surface area contributed by atoms with Crippen molar-refractivity contribution < 1.29 is 19.7 Å². The number of carboxylic acid groups (broad SMARTS) is 1. The molecule has 2 aromatic rings. The van der Waals surface area contributed by atoms with Crippen LogP contribution in [0.25, 0.3) is 22.4 Å². The molecule has 0 saturated heterocycles. The topological polar surface area (TPSA) is 79.7 Å². The highest BCUT2D eigenvalue weighted by molar-refractivity contribution is 5.99. The van der Waals surface area contributed by atoms with Gasteiger partial charge in [0.05, 0.1) is 18.4 Å². The van der Waals surface area contributed by atoms with Gasteiger partial charge in [-0.05, 0) is 41.5 Å². The summed E-state index contributed by atoms with van der Waals surface area (Å²) in [5.41, 5.74) is 3.83. The summed E-state index contributed by atoms with van der Waals surface area (Å²) in [6.07, 6.45) is 7.15. The number of aromatic carboxylic acids is 1. The van der Waals surface area contributed by atoms with Crippen LogP contribution < -0.4 is 4.74 Å². The number of aromatic nitrogens is 1. The highest BCUT2D eigenvalue weighted by atomic mass is 16.5. The van der Waals surface area contributed by atoms with Crippen LogP contribution in [0.1, 0.15) is 15.9 Å². The van der Waals surface area contributed by atoms with Crippen molar-refractivity contribution in [2.45, 2.75) is 0 Å². The number of hydrogen-bond acceptors (Lipinski definition) is 4. The normalized spacial score (nSPS) is 10.2. The molecule has 0 saturated carbocycles. The Morgan fingerprint density at radius 2 is 1.96 bits per heavy atom. The molecule has 5 heteroatoms. The molecule has 0 spiro atoms. The van der Waals surface area contributed by atoms with Crippen LogP contribution in [0.15, 0.2) is 54.7 Å². The second-order valence-electron chi connectivity index (χ2n) is 5.49. The quantitative estimate of drug-likeness (QED) is 0.552. The van der Waals surface area contributed by atoms with E-state index in [0.29, 0.717) is 22.4 Å². The van der Waals surface area contributed by atoms with Crippen LogP contribution in [-0.4, -0.2) is 28.3 Å². The van der Waals surface area contributed by atoms with Crippen LogP contribution in [0.3, 0.4) is 0 Å². The third kappa shape index (κ3) is 3.35. The van der Waals surface area contributed by atoms with Gasteiger partial charge in [-0.25, -0.2) is 4.79 Å². The van der Waals surface area contributed by atoms with Gasteiger partial charge in [-0.3, -0.25) is 4.98 Å². The molecule has 1 aliphatic carbocycles. The second kappa shape index (κ2) is 6.99. The molecular formula is C21H15NO4. The fraction of sp³-hybridized carbons (Fsp3) is 0.0476. The van der Waals surface area contributed by atoms with E-state index in [2.05, 4.69) is 17.0 Å². The number of nitrogens with zero attached hydrogens (tertiary/aromatic N) is 1. The third-order valence-corrected chi connectivity index (χ3v) is 3.90. The lowest BCUT2D eigenvalue weighted by Gasteiger charge is -2.10. The third-order valence-electron chi connectivity index (χ3n) is 3.90. The van der Waals surface area contributed by atoms with E-state index < -0.39 is 5.97 Å². The Morgan fingerprint density at radius 1 is 1.15 bits per heavy atom. The number of methoxy groups -OCH3 is 1. The number of ether oxygens (including phenoxy) is 1. The number of phenolic OH excluding ortho intramolecular Hbond substituents is 1. The summed E-state index contributed by atoms with van der Waals surface area (Å²) in [5.74, 6) is 1.50. The van der Waals surface area contributed by atoms with Crippen LogP contribution in [0, 0.1) is 12.3 Å². The molecule has 1 aliphatic heterocycles. The molecule has 2 N–H and O–H groups in total. The van der Waals surface area contributed by atoms with E-state index in [-0.39, 0.29) is 11.3 Å². The van der Waals surface area contributed by atoms with Gasteiger partial charge in [0.2, 0.25) is 0 Å². The number of aromatic hydroxyl groups is 1. The first-order valence-electron chi connectivity index (χ1n) is 7.72. The van der Waals surface area contributed by atoms with Crippen molar-refractivity contribution in [2.75, 3.05) is 7.11 Å². The first-order chi connectivity index (χ1) is 12.5. The van der Waals surface area contributed by atoms with E-state index in [1.807, 2.05) is 12.3 Å². The van der Waals surface area contributed by atoms with Crippen molar-refractivity contribution in [3.05, 3.63) is 65.9 Å². The molecule has 1 heterocycles. The maximum Gasteiger partial charge on any atom is 0.337 e. The number of carbonyl (C=O) groups is 1. The lowest BCUT2D eigenvalue weighted by atomic mass is 9.95. The van der Waals surface area contributed by atoms with E-state index >= 15 is 0 Å². The van der Waals surface area contributed by atoms with Crippen LogP contribution in [0.4, 0.5) is 0 Å². The Kier molecular flexibility index (Phi) is 4.59. The average molecular weight is 345 g/mol. The smallest absolute Gasteiger partial charge is 0.337 e. The van der Waals surface area contributed by atoms with Gasteiger partial charge in [-0.15, -0.1) is 6.42 Å². The molecule has 0 radical (unpaired) electrons. The molecule has 0 fully saturated rings. The molecule has 2 aromatic carbocycles. The Balaban J connectivity index is 0.000000269. The van der Waals surface area contributed by atoms with Crippen molar-refractivity contribution in [1.82, 2.24) is 4.98 Å². The molecule has 5 nitrogen and oxygen atoms in total. The summed E-state index contributed by atoms with van der Waals surface area (Å²) in [4.78, 5) is 15.4. The summed E-state index contributed by atoms with van der Waals surface area (Å²) < 4.78 is 4.96. The summed E-state index contributed by atoms with van der Waals surface area (Å²) >= 11 is 0. The number of hydrogen-bond donors (Lipinski definition) is 2. The molecule has 0 unspecified atom stereocenters.